The smallest absolute Gasteiger partial charge is 0.386 e. The Kier molecular flexibility index (Phi) is 24.7. The summed E-state index contributed by atoms with van der Waals surface area (Å²) in [6.45, 7) is 2.66. The lowest BCUT2D eigenvalue weighted by Crippen LogP contribution is -2.46. The van der Waals surface area contributed by atoms with Crippen molar-refractivity contribution in [2.24, 2.45) is 5.41 Å². The quantitative estimate of drug-likeness (QED) is 0.0281. The second-order valence-electron chi connectivity index (χ2n) is 15.9. The zero-order chi connectivity index (χ0) is 49.7. The van der Waals surface area contributed by atoms with Gasteiger partial charge in [0.15, 0.2) is 22.8 Å². The number of nitrogens with two attached hydrogens (primary N) is 1. The molecule has 24 nitrogen and oxygen atoms in total. The lowest BCUT2D eigenvalue weighted by atomic mass is 9.87. The number of hydrogen-bond acceptors (Lipinski definition) is 18. The Morgan fingerprint density at radius 2 is 1.57 bits per heavy atom. The molecule has 28 heteroatoms. The second kappa shape index (κ2) is 28.4. The minimum absolute atomic E-state index is 0.0316. The van der Waals surface area contributed by atoms with Crippen LogP contribution in [0.25, 0.3) is 11.2 Å². The summed E-state index contributed by atoms with van der Waals surface area (Å²) < 4.78 is 62.4. The number of unbranched alkanes of at least 4 members (excludes halogenated alkanes) is 5. The third-order valence-corrected chi connectivity index (χ3v) is 13.8. The van der Waals surface area contributed by atoms with E-state index in [9.17, 15) is 57.9 Å². The fourth-order valence-electron chi connectivity index (χ4n) is 6.26. The average Bonchev–Trinajstić information content (AvgIpc) is 3.81. The van der Waals surface area contributed by atoms with Gasteiger partial charge in [-0.2, -0.15) is 4.31 Å². The van der Waals surface area contributed by atoms with Crippen molar-refractivity contribution in [3.8, 4) is 0 Å². The molecule has 1 aliphatic heterocycles. The predicted octanol–water partition coefficient (Wildman–Crippen LogP) is 4.25. The number of nitrogens with zero attached hydrogens (tertiary/aromatic N) is 4. The predicted molar refractivity (Wildman–Crippen MR) is 246 cm³/mol. The summed E-state index contributed by atoms with van der Waals surface area (Å²) in [5, 5.41) is 26.6. The van der Waals surface area contributed by atoms with E-state index in [0.717, 1.165) is 86.8 Å². The van der Waals surface area contributed by atoms with Crippen molar-refractivity contribution in [1.82, 2.24) is 30.2 Å². The molecule has 10 N–H and O–H groups in total. The molecule has 0 aromatic carbocycles. The molecule has 0 aliphatic carbocycles. The number of fused-ring (bicyclic) bond motifs is 1. The first-order chi connectivity index (χ1) is 31.6. The molecule has 1 fully saturated rings. The maximum atomic E-state index is 12.7. The zero-order valence-electron chi connectivity index (χ0n) is 37.6. The first-order valence-electron chi connectivity index (χ1n) is 21.6. The van der Waals surface area contributed by atoms with E-state index in [2.05, 4.69) is 77.8 Å². The first-order valence-corrected chi connectivity index (χ1v) is 27.1. The molecule has 7 atom stereocenters. The van der Waals surface area contributed by atoms with Crippen LogP contribution < -0.4 is 16.4 Å². The Morgan fingerprint density at radius 3 is 2.27 bits per heavy atom. The summed E-state index contributed by atoms with van der Waals surface area (Å²) in [6.07, 6.45) is 15.7. The molecule has 67 heavy (non-hydrogen) atoms. The van der Waals surface area contributed by atoms with E-state index in [1.807, 2.05) is 0 Å². The number of amides is 2. The lowest BCUT2D eigenvalue weighted by Gasteiger charge is -2.30. The minimum Gasteiger partial charge on any atom is -0.386 e. The van der Waals surface area contributed by atoms with E-state index in [0.29, 0.717) is 12.2 Å². The van der Waals surface area contributed by atoms with E-state index < -0.39 is 84.6 Å². The number of carbonyl (C=O) groups excluding carboxylic acids is 3. The van der Waals surface area contributed by atoms with Crippen LogP contribution >= 0.6 is 35.2 Å². The third kappa shape index (κ3) is 21.5. The molecule has 2 amide bonds. The van der Waals surface area contributed by atoms with Crippen LogP contribution in [0.1, 0.15) is 97.6 Å². The van der Waals surface area contributed by atoms with Gasteiger partial charge in [0.05, 0.1) is 19.5 Å². The van der Waals surface area contributed by atoms with Gasteiger partial charge in [0.1, 0.15) is 36.3 Å². The van der Waals surface area contributed by atoms with Gasteiger partial charge in [-0.3, -0.25) is 32.5 Å². The third-order valence-electron chi connectivity index (χ3n) is 9.80. The molecule has 3 unspecified atom stereocenters. The van der Waals surface area contributed by atoms with Crippen LogP contribution in [0.15, 0.2) is 49.1 Å². The normalized spacial score (nSPS) is 20.4. The zero-order valence-corrected chi connectivity index (χ0v) is 41.1. The van der Waals surface area contributed by atoms with Crippen LogP contribution in [0.3, 0.4) is 0 Å². The number of allylic oxidation sites excluding steroid dienone is 6. The highest BCUT2D eigenvalue weighted by atomic mass is 32.2. The highest BCUT2D eigenvalue weighted by Crippen LogP contribution is 2.61. The Hall–Kier alpha value is -3.22. The number of aliphatic hydroxyl groups is 2. The molecule has 0 saturated carbocycles. The number of imidazole rings is 1. The molecule has 0 spiro atoms. The number of ether oxygens (including phenoxy) is 1. The molecule has 0 bridgehead atoms. The summed E-state index contributed by atoms with van der Waals surface area (Å²) in [5.41, 5.74) is 4.28. The minimum atomic E-state index is -5.58. The van der Waals surface area contributed by atoms with E-state index >= 15 is 0 Å². The number of rotatable bonds is 32. The largest absolute Gasteiger partial charge is 0.481 e. The maximum absolute atomic E-state index is 12.7. The van der Waals surface area contributed by atoms with Crippen molar-refractivity contribution < 1.29 is 80.5 Å². The van der Waals surface area contributed by atoms with Gasteiger partial charge in [0.2, 0.25) is 11.8 Å². The monoisotopic (exact) mass is 1030 g/mol. The average molecular weight is 1030 g/mol. The van der Waals surface area contributed by atoms with Crippen LogP contribution in [0, 0.1) is 5.41 Å². The van der Waals surface area contributed by atoms with Crippen molar-refractivity contribution in [3.63, 3.8) is 0 Å². The van der Waals surface area contributed by atoms with E-state index in [4.69, 9.17) is 19.5 Å². The molecular formula is C39H64N7O17P3S. The van der Waals surface area contributed by atoms with Crippen LogP contribution in [-0.2, 0) is 50.7 Å². The van der Waals surface area contributed by atoms with Gasteiger partial charge in [0, 0.05) is 37.1 Å². The number of phosphoric acid groups is 3. The Bertz CT molecular complexity index is 2140. The molecule has 1 aliphatic rings. The van der Waals surface area contributed by atoms with Gasteiger partial charge in [0.25, 0.3) is 0 Å². The second-order valence-corrected chi connectivity index (χ2v) is 21.3. The van der Waals surface area contributed by atoms with Crippen molar-refractivity contribution in [1.29, 1.82) is 0 Å². The van der Waals surface area contributed by atoms with Crippen molar-refractivity contribution in [2.75, 3.05) is 37.8 Å². The Balaban J connectivity index is 1.31. The molecule has 0 radical (unpaired) electrons. The van der Waals surface area contributed by atoms with Crippen LogP contribution in [-0.4, -0.2) is 123 Å². The van der Waals surface area contributed by atoms with Crippen molar-refractivity contribution in [2.45, 2.75) is 122 Å². The Morgan fingerprint density at radius 1 is 0.910 bits per heavy atom. The van der Waals surface area contributed by atoms with E-state index in [1.165, 1.54) is 13.8 Å². The molecular weight excluding hydrogens is 963 g/mol. The fourth-order valence-corrected chi connectivity index (χ4v) is 9.81. The summed E-state index contributed by atoms with van der Waals surface area (Å²) >= 11 is 1.14. The number of thioether (sulfide) groups is 1. The number of phosphoric ester groups is 3. The van der Waals surface area contributed by atoms with Crippen molar-refractivity contribution >= 4 is 69.1 Å². The number of nitrogens with one attached hydrogen (secondary N) is 2. The molecule has 1 saturated heterocycles. The molecule has 2 aromatic rings. The molecule has 3 heterocycles. The van der Waals surface area contributed by atoms with Gasteiger partial charge in [-0.25, -0.2) is 28.6 Å². The topological polar surface area (TPSA) is 364 Å². The lowest BCUT2D eigenvalue weighted by molar-refractivity contribution is -0.137. The number of anilines is 1. The van der Waals surface area contributed by atoms with Gasteiger partial charge < -0.3 is 50.9 Å². The van der Waals surface area contributed by atoms with Crippen LogP contribution in [0.4, 0.5) is 5.82 Å². The number of hydrogen-bond donors (Lipinski definition) is 9. The molecule has 378 valence electrons. The highest BCUT2D eigenvalue weighted by Gasteiger charge is 2.50. The number of carbonyl (C=O) groups is 3. The number of nitrogen functional groups attached to an aromatic ring is 1. The summed E-state index contributed by atoms with van der Waals surface area (Å²) in [6, 6.07) is 0. The number of aromatic nitrogens is 4. The maximum Gasteiger partial charge on any atom is 0.481 e. The van der Waals surface area contributed by atoms with Gasteiger partial charge >= 0.3 is 23.5 Å². The van der Waals surface area contributed by atoms with Crippen LogP contribution in [0.2, 0.25) is 0 Å². The summed E-state index contributed by atoms with van der Waals surface area (Å²) in [4.78, 5) is 88.3. The highest BCUT2D eigenvalue weighted by molar-refractivity contribution is 8.13. The SMILES string of the molecule is CC/C=C\C/C=C\C/C=C\CCCCCCCC(=O)SCCNC(=O)CCNC(=O)[C@H](O)C(C)(C)COP(=O)(O)OP(=O)(O)OC[C@H]1O[C@@H](n2cnc3c(N)ncnc32)C(O)[C@H]1OP(=O)(O)O. The molecule has 3 rings (SSSR count). The van der Waals surface area contributed by atoms with Gasteiger partial charge in [-0.1, -0.05) is 88.3 Å². The summed E-state index contributed by atoms with van der Waals surface area (Å²) in [7, 11) is -16.4. The van der Waals surface area contributed by atoms with Crippen molar-refractivity contribution in [3.05, 3.63) is 49.1 Å². The number of aliphatic hydroxyl groups excluding tert-OH is 2. The fraction of sp³-hybridized carbons (Fsp3) is 0.641. The first kappa shape index (κ1) is 58.1. The van der Waals surface area contributed by atoms with Crippen LogP contribution in [0.5, 0.6) is 0 Å². The van der Waals surface area contributed by atoms with E-state index in [-0.39, 0.29) is 41.6 Å². The summed E-state index contributed by atoms with van der Waals surface area (Å²) in [5.74, 6) is -1.05. The van der Waals surface area contributed by atoms with Gasteiger partial charge in [-0.15, -0.1) is 0 Å². The van der Waals surface area contributed by atoms with Gasteiger partial charge in [-0.05, 0) is 38.5 Å². The standard InChI is InChI=1S/C39H64N7O17P3S/c1-4-5-6-7-8-9-10-11-12-13-14-15-16-17-18-19-30(48)67-23-22-41-29(47)20-21-42-37(51)34(50)39(2,3)25-60-66(57,58)63-65(55,56)59-24-28-33(62-64(52,53)54)32(49)38(61-28)46-27-45-31-35(40)43-26-44-36(31)46/h5-6,8-9,11-12,26-28,32-34,38,49-50H,4,7,10,13-25H2,1-3H3,(H,41,47)(H,42,51)(H,55,56)(H,57,58)(H2,40,43,44)(H2,52,53,54)/b6-5-,9-8-,12-11-/t28-,32?,33+,34+,38-/m1/s1. The molecule has 2 aromatic heterocycles. The van der Waals surface area contributed by atoms with E-state index in [1.54, 1.807) is 0 Å². The Labute approximate surface area is 393 Å².